The SMILES string of the molecule is CC1CC(Nc2ccc3sccc3c2)CC(C)(C)C1. The molecule has 0 aliphatic heterocycles. The quantitative estimate of drug-likeness (QED) is 0.758. The van der Waals surface area contributed by atoms with Crippen LogP contribution in [-0.2, 0) is 0 Å². The summed E-state index contributed by atoms with van der Waals surface area (Å²) >= 11 is 1.81. The lowest BCUT2D eigenvalue weighted by molar-refractivity contribution is 0.178. The third-order valence-corrected chi connectivity index (χ3v) is 5.11. The van der Waals surface area contributed by atoms with Crippen LogP contribution >= 0.6 is 11.3 Å². The van der Waals surface area contributed by atoms with E-state index in [4.69, 9.17) is 0 Å². The lowest BCUT2D eigenvalue weighted by Gasteiger charge is -2.39. The highest BCUT2D eigenvalue weighted by molar-refractivity contribution is 7.17. The number of benzene rings is 1. The van der Waals surface area contributed by atoms with Gasteiger partial charge in [0.15, 0.2) is 0 Å². The number of nitrogens with one attached hydrogen (secondary N) is 1. The van der Waals surface area contributed by atoms with Crippen molar-refractivity contribution >= 4 is 27.1 Å². The lowest BCUT2D eigenvalue weighted by atomic mass is 9.70. The van der Waals surface area contributed by atoms with E-state index in [1.807, 2.05) is 11.3 Å². The molecule has 0 radical (unpaired) electrons. The molecule has 0 spiro atoms. The second-order valence-corrected chi connectivity index (χ2v) is 7.88. The number of anilines is 1. The Kier molecular flexibility index (Phi) is 3.30. The van der Waals surface area contributed by atoms with Crippen molar-refractivity contribution in [3.8, 4) is 0 Å². The van der Waals surface area contributed by atoms with Crippen LogP contribution in [0.25, 0.3) is 10.1 Å². The molecule has 2 unspecified atom stereocenters. The normalized spacial score (nSPS) is 26.5. The summed E-state index contributed by atoms with van der Waals surface area (Å²) in [6.07, 6.45) is 3.93. The Morgan fingerprint density at radius 2 is 2.05 bits per heavy atom. The number of fused-ring (bicyclic) bond motifs is 1. The first-order valence-electron chi connectivity index (χ1n) is 7.26. The zero-order valence-corrected chi connectivity index (χ0v) is 12.9. The molecular weight excluding hydrogens is 250 g/mol. The van der Waals surface area contributed by atoms with Gasteiger partial charge in [0.05, 0.1) is 0 Å². The molecule has 1 aliphatic carbocycles. The summed E-state index contributed by atoms with van der Waals surface area (Å²) in [5.41, 5.74) is 1.75. The number of thiophene rings is 1. The average Bonchev–Trinajstić information content (AvgIpc) is 2.73. The van der Waals surface area contributed by atoms with Gasteiger partial charge in [0.1, 0.15) is 0 Å². The van der Waals surface area contributed by atoms with Gasteiger partial charge in [-0.15, -0.1) is 11.3 Å². The van der Waals surface area contributed by atoms with E-state index in [0.717, 1.165) is 5.92 Å². The molecule has 0 bridgehead atoms. The zero-order chi connectivity index (χ0) is 13.5. The van der Waals surface area contributed by atoms with E-state index in [1.165, 1.54) is 35.0 Å². The molecule has 2 atom stereocenters. The van der Waals surface area contributed by atoms with Crippen molar-refractivity contribution < 1.29 is 0 Å². The molecule has 3 rings (SSSR count). The van der Waals surface area contributed by atoms with Gasteiger partial charge in [-0.25, -0.2) is 0 Å². The minimum absolute atomic E-state index is 0.474. The smallest absolute Gasteiger partial charge is 0.0349 e. The van der Waals surface area contributed by atoms with Crippen LogP contribution < -0.4 is 5.32 Å². The lowest BCUT2D eigenvalue weighted by Crippen LogP contribution is -2.35. The second kappa shape index (κ2) is 4.82. The van der Waals surface area contributed by atoms with Crippen molar-refractivity contribution in [2.45, 2.75) is 46.1 Å². The summed E-state index contributed by atoms with van der Waals surface area (Å²) in [6, 6.07) is 9.58. The Balaban J connectivity index is 1.76. The van der Waals surface area contributed by atoms with Crippen molar-refractivity contribution in [1.29, 1.82) is 0 Å². The Hall–Kier alpha value is -1.02. The Morgan fingerprint density at radius 1 is 1.21 bits per heavy atom. The fourth-order valence-corrected chi connectivity index (χ4v) is 4.52. The Labute approximate surface area is 120 Å². The van der Waals surface area contributed by atoms with Crippen LogP contribution in [0.1, 0.15) is 40.0 Å². The van der Waals surface area contributed by atoms with Crippen molar-refractivity contribution in [3.63, 3.8) is 0 Å². The zero-order valence-electron chi connectivity index (χ0n) is 12.1. The first-order valence-corrected chi connectivity index (χ1v) is 8.14. The molecule has 1 N–H and O–H groups in total. The summed E-state index contributed by atoms with van der Waals surface area (Å²) in [4.78, 5) is 0. The van der Waals surface area contributed by atoms with Gasteiger partial charge in [0.2, 0.25) is 0 Å². The van der Waals surface area contributed by atoms with Crippen LogP contribution in [0.15, 0.2) is 29.6 Å². The van der Waals surface area contributed by atoms with Crippen molar-refractivity contribution in [2.75, 3.05) is 5.32 Å². The molecule has 0 saturated heterocycles. The maximum absolute atomic E-state index is 3.75. The van der Waals surface area contributed by atoms with E-state index in [-0.39, 0.29) is 0 Å². The minimum Gasteiger partial charge on any atom is -0.382 e. The molecule has 1 aliphatic rings. The monoisotopic (exact) mass is 273 g/mol. The van der Waals surface area contributed by atoms with Gasteiger partial charge in [-0.1, -0.05) is 20.8 Å². The van der Waals surface area contributed by atoms with Crippen LogP contribution in [-0.4, -0.2) is 6.04 Å². The molecule has 1 fully saturated rings. The summed E-state index contributed by atoms with van der Waals surface area (Å²) < 4.78 is 1.38. The maximum Gasteiger partial charge on any atom is 0.0349 e. The molecule has 1 heterocycles. The summed E-state index contributed by atoms with van der Waals surface area (Å²) in [7, 11) is 0. The molecule has 1 aromatic carbocycles. The van der Waals surface area contributed by atoms with Crippen molar-refractivity contribution in [2.24, 2.45) is 11.3 Å². The molecule has 1 saturated carbocycles. The van der Waals surface area contributed by atoms with Crippen LogP contribution in [0.4, 0.5) is 5.69 Å². The van der Waals surface area contributed by atoms with E-state index in [1.54, 1.807) is 0 Å². The van der Waals surface area contributed by atoms with Gasteiger partial charge in [-0.2, -0.15) is 0 Å². The van der Waals surface area contributed by atoms with Gasteiger partial charge < -0.3 is 5.32 Å². The van der Waals surface area contributed by atoms with E-state index in [0.29, 0.717) is 11.5 Å². The second-order valence-electron chi connectivity index (χ2n) is 6.93. The molecule has 2 heteroatoms. The maximum atomic E-state index is 3.75. The van der Waals surface area contributed by atoms with Crippen molar-refractivity contribution in [3.05, 3.63) is 29.6 Å². The fourth-order valence-electron chi connectivity index (χ4n) is 3.75. The minimum atomic E-state index is 0.474. The molecule has 2 aromatic rings. The average molecular weight is 273 g/mol. The molecular formula is C17H23NS. The van der Waals surface area contributed by atoms with E-state index < -0.39 is 0 Å². The van der Waals surface area contributed by atoms with Gasteiger partial charge in [0.25, 0.3) is 0 Å². The Morgan fingerprint density at radius 3 is 2.84 bits per heavy atom. The fraction of sp³-hybridized carbons (Fsp3) is 0.529. The number of rotatable bonds is 2. The van der Waals surface area contributed by atoms with Crippen molar-refractivity contribution in [1.82, 2.24) is 0 Å². The highest BCUT2D eigenvalue weighted by atomic mass is 32.1. The van der Waals surface area contributed by atoms with Crippen LogP contribution in [0.2, 0.25) is 0 Å². The van der Waals surface area contributed by atoms with Crippen LogP contribution in [0, 0.1) is 11.3 Å². The predicted octanol–water partition coefficient (Wildman–Crippen LogP) is 5.53. The molecule has 102 valence electrons. The van der Waals surface area contributed by atoms with E-state index >= 15 is 0 Å². The van der Waals surface area contributed by atoms with Crippen LogP contribution in [0.3, 0.4) is 0 Å². The van der Waals surface area contributed by atoms with Gasteiger partial charge in [-0.05, 0) is 65.6 Å². The van der Waals surface area contributed by atoms with E-state index in [2.05, 4.69) is 55.7 Å². The van der Waals surface area contributed by atoms with Gasteiger partial charge in [0, 0.05) is 16.4 Å². The topological polar surface area (TPSA) is 12.0 Å². The van der Waals surface area contributed by atoms with Crippen LogP contribution in [0.5, 0.6) is 0 Å². The largest absolute Gasteiger partial charge is 0.382 e. The third-order valence-electron chi connectivity index (χ3n) is 4.21. The highest BCUT2D eigenvalue weighted by Gasteiger charge is 2.31. The summed E-state index contributed by atoms with van der Waals surface area (Å²) in [5.74, 6) is 0.825. The third kappa shape index (κ3) is 2.94. The number of hydrogen-bond donors (Lipinski definition) is 1. The summed E-state index contributed by atoms with van der Waals surface area (Å²) in [5, 5.41) is 7.28. The molecule has 1 nitrogen and oxygen atoms in total. The Bertz CT molecular complexity index is 569. The predicted molar refractivity (Wildman–Crippen MR) is 86.0 cm³/mol. The standard InChI is InChI=1S/C17H23NS/c1-12-8-15(11-17(2,3)10-12)18-14-4-5-16-13(9-14)6-7-19-16/h4-7,9,12,15,18H,8,10-11H2,1-3H3. The number of hydrogen-bond acceptors (Lipinski definition) is 2. The van der Waals surface area contributed by atoms with Gasteiger partial charge in [-0.3, -0.25) is 0 Å². The molecule has 0 amide bonds. The summed E-state index contributed by atoms with van der Waals surface area (Å²) in [6.45, 7) is 7.19. The van der Waals surface area contributed by atoms with Gasteiger partial charge >= 0.3 is 0 Å². The highest BCUT2D eigenvalue weighted by Crippen LogP contribution is 2.39. The molecule has 19 heavy (non-hydrogen) atoms. The van der Waals surface area contributed by atoms with E-state index in [9.17, 15) is 0 Å². The first kappa shape index (κ1) is 13.0. The molecule has 1 aromatic heterocycles. The first-order chi connectivity index (χ1) is 9.02.